The number of sulfonamides is 1. The number of nitrogens with zero attached hydrogens (tertiary/aromatic N) is 8. The molecule has 15 heteroatoms. The Kier molecular flexibility index (Phi) is 7.17. The van der Waals surface area contributed by atoms with Crippen molar-refractivity contribution in [1.29, 1.82) is 0 Å². The van der Waals surface area contributed by atoms with Crippen LogP contribution in [0.3, 0.4) is 0 Å². The largest absolute Gasteiger partial charge is 2.00 e. The molecule has 0 fully saturated rings. The number of imidazole rings is 1. The van der Waals surface area contributed by atoms with E-state index in [4.69, 9.17) is 13.1 Å². The van der Waals surface area contributed by atoms with Crippen LogP contribution in [0.1, 0.15) is 12.5 Å². The van der Waals surface area contributed by atoms with Gasteiger partial charge in [0.2, 0.25) is 0 Å². The minimum atomic E-state index is -5.81. The zero-order valence-corrected chi connectivity index (χ0v) is 18.3. The molecular formula is C17H14F3N8NiO2S+. The average Bonchev–Trinajstić information content (AvgIpc) is 3.24. The maximum Gasteiger partial charge on any atom is 2.00 e. The topological polar surface area (TPSA) is 103 Å². The van der Waals surface area contributed by atoms with Gasteiger partial charge >= 0.3 is 27.9 Å². The SMILES string of the molecule is [C-]#[N+]c1nc(N=Nc2cc3c(cc2[N-]S(=O)(=O)C(F)(F)F)N(CC)CC3)n(C)c1[N+]#[C-].[Ni+2]. The van der Waals surface area contributed by atoms with Crippen LogP contribution >= 0.6 is 0 Å². The van der Waals surface area contributed by atoms with Gasteiger partial charge in [0.05, 0.1) is 12.7 Å². The number of aromatic nitrogens is 2. The summed E-state index contributed by atoms with van der Waals surface area (Å²) in [7, 11) is -4.39. The molecule has 0 amide bonds. The summed E-state index contributed by atoms with van der Waals surface area (Å²) < 4.78 is 66.0. The van der Waals surface area contributed by atoms with Gasteiger partial charge in [-0.05, 0) is 25.0 Å². The fourth-order valence-corrected chi connectivity index (χ4v) is 3.50. The molecule has 0 N–H and O–H groups in total. The Morgan fingerprint density at radius 1 is 1.25 bits per heavy atom. The van der Waals surface area contributed by atoms with Crippen LogP contribution in [0.2, 0.25) is 0 Å². The van der Waals surface area contributed by atoms with Crippen LogP contribution < -0.4 is 4.90 Å². The van der Waals surface area contributed by atoms with Gasteiger partial charge in [-0.2, -0.15) is 13.2 Å². The minimum Gasteiger partial charge on any atom is -0.568 e. The van der Waals surface area contributed by atoms with Crippen molar-refractivity contribution in [3.63, 3.8) is 0 Å². The Hall–Kier alpha value is -3.16. The number of benzene rings is 1. The Morgan fingerprint density at radius 3 is 2.47 bits per heavy atom. The van der Waals surface area contributed by atoms with E-state index in [9.17, 15) is 21.6 Å². The van der Waals surface area contributed by atoms with E-state index in [-0.39, 0.29) is 39.8 Å². The van der Waals surface area contributed by atoms with Crippen LogP contribution in [0.25, 0.3) is 14.4 Å². The van der Waals surface area contributed by atoms with Crippen LogP contribution in [-0.4, -0.2) is 36.6 Å². The molecule has 2 heterocycles. The van der Waals surface area contributed by atoms with Crippen LogP contribution in [-0.2, 0) is 40.0 Å². The summed E-state index contributed by atoms with van der Waals surface area (Å²) >= 11 is 0. The monoisotopic (exact) mass is 509 g/mol. The molecule has 2 aromatic rings. The average molecular weight is 510 g/mol. The zero-order chi connectivity index (χ0) is 23.0. The molecule has 32 heavy (non-hydrogen) atoms. The molecule has 0 unspecified atom stereocenters. The second kappa shape index (κ2) is 9.14. The number of hydrogen-bond donors (Lipinski definition) is 0. The van der Waals surface area contributed by atoms with E-state index in [0.717, 1.165) is 5.56 Å². The van der Waals surface area contributed by atoms with Crippen molar-refractivity contribution in [3.05, 3.63) is 45.3 Å². The van der Waals surface area contributed by atoms with E-state index >= 15 is 0 Å². The van der Waals surface area contributed by atoms with Gasteiger partial charge in [0, 0.05) is 18.8 Å². The first-order chi connectivity index (χ1) is 14.5. The number of alkyl halides is 3. The summed E-state index contributed by atoms with van der Waals surface area (Å²) in [4.78, 5) is 12.0. The Labute approximate surface area is 191 Å². The van der Waals surface area contributed by atoms with Crippen LogP contribution in [0.15, 0.2) is 22.4 Å². The van der Waals surface area contributed by atoms with Gasteiger partial charge in [-0.25, -0.2) is 13.0 Å². The number of azo groups is 1. The van der Waals surface area contributed by atoms with Crippen LogP contribution in [0.5, 0.6) is 0 Å². The molecule has 10 nitrogen and oxygen atoms in total. The number of anilines is 1. The smallest absolute Gasteiger partial charge is 0.568 e. The molecule has 0 bridgehead atoms. The second-order valence-corrected chi connectivity index (χ2v) is 7.95. The quantitative estimate of drug-likeness (QED) is 0.315. The van der Waals surface area contributed by atoms with Gasteiger partial charge in [-0.1, -0.05) is 35.0 Å². The summed E-state index contributed by atoms with van der Waals surface area (Å²) in [6.45, 7) is 17.2. The van der Waals surface area contributed by atoms with E-state index in [1.165, 1.54) is 23.7 Å². The van der Waals surface area contributed by atoms with Gasteiger partial charge in [-0.3, -0.25) is 0 Å². The maximum absolute atomic E-state index is 12.9. The predicted octanol–water partition coefficient (Wildman–Crippen LogP) is 5.17. The van der Waals surface area contributed by atoms with E-state index in [2.05, 4.69) is 29.6 Å². The van der Waals surface area contributed by atoms with E-state index in [0.29, 0.717) is 25.2 Å². The van der Waals surface area contributed by atoms with Gasteiger partial charge in [0.15, 0.2) is 10.0 Å². The van der Waals surface area contributed by atoms with Crippen molar-refractivity contribution < 1.29 is 38.1 Å². The van der Waals surface area contributed by atoms with Crippen molar-refractivity contribution in [2.24, 2.45) is 17.3 Å². The van der Waals surface area contributed by atoms with Gasteiger partial charge in [-0.15, -0.1) is 5.11 Å². The number of hydrogen-bond acceptors (Lipinski definition) is 6. The van der Waals surface area contributed by atoms with E-state index < -0.39 is 21.2 Å². The summed E-state index contributed by atoms with van der Waals surface area (Å²) in [6.07, 6.45) is 0.587. The summed E-state index contributed by atoms with van der Waals surface area (Å²) in [6, 6.07) is 2.66. The third-order valence-electron chi connectivity index (χ3n) is 4.54. The maximum atomic E-state index is 12.9. The molecule has 0 atom stereocenters. The number of fused-ring (bicyclic) bond motifs is 1. The van der Waals surface area contributed by atoms with E-state index in [1.807, 2.05) is 11.8 Å². The first-order valence-corrected chi connectivity index (χ1v) is 10.2. The molecular weight excluding hydrogens is 496 g/mol. The molecule has 1 aliphatic rings. The van der Waals surface area contributed by atoms with Crippen molar-refractivity contribution in [1.82, 2.24) is 9.55 Å². The van der Waals surface area contributed by atoms with Crippen molar-refractivity contribution in [3.8, 4) is 0 Å². The normalized spacial score (nSPS) is 13.4. The molecule has 0 saturated carbocycles. The molecule has 0 saturated heterocycles. The van der Waals surface area contributed by atoms with Gasteiger partial charge in [0.1, 0.15) is 0 Å². The molecule has 1 aromatic heterocycles. The summed E-state index contributed by atoms with van der Waals surface area (Å²) in [5.74, 6) is -0.429. The van der Waals surface area contributed by atoms with E-state index in [1.54, 1.807) is 0 Å². The fourth-order valence-electron chi connectivity index (χ4n) is 2.99. The van der Waals surface area contributed by atoms with Crippen molar-refractivity contribution in [2.75, 3.05) is 18.0 Å². The first-order valence-electron chi connectivity index (χ1n) is 8.72. The molecule has 3 rings (SSSR count). The fraction of sp³-hybridized carbons (Fsp3) is 0.353. The Bertz CT molecular complexity index is 1260. The molecule has 1 aliphatic heterocycles. The minimum absolute atomic E-state index is 0. The zero-order valence-electron chi connectivity index (χ0n) is 16.5. The van der Waals surface area contributed by atoms with Gasteiger partial charge in [0.25, 0.3) is 11.6 Å². The third kappa shape index (κ3) is 4.54. The second-order valence-electron chi connectivity index (χ2n) is 6.35. The standard InChI is InChI=1S/C17H14F3N8O2S.Ni/c1-5-28-7-6-10-8-11(12(9-13(10)28)26-31(29,30)17(18,19)20)24-25-16-23-14(21-2)15(22-3)27(16)4;/h8-9H,5-7H2,1,4H3;/q-1;+2. The number of halogens is 3. The first kappa shape index (κ1) is 25.1. The number of likely N-dealkylation sites (N-methyl/N-ethyl adjacent to an activating group) is 1. The number of rotatable bonds is 5. The molecule has 0 radical (unpaired) electrons. The third-order valence-corrected chi connectivity index (χ3v) is 5.56. The predicted molar refractivity (Wildman–Crippen MR) is 106 cm³/mol. The summed E-state index contributed by atoms with van der Waals surface area (Å²) in [5.41, 5.74) is -4.98. The summed E-state index contributed by atoms with van der Waals surface area (Å²) in [5, 5.41) is 7.66. The van der Waals surface area contributed by atoms with Crippen LogP contribution in [0, 0.1) is 13.1 Å². The molecule has 170 valence electrons. The molecule has 1 aromatic carbocycles. The van der Waals surface area contributed by atoms with Gasteiger partial charge < -0.3 is 19.3 Å². The molecule has 0 aliphatic carbocycles. The molecule has 0 spiro atoms. The van der Waals surface area contributed by atoms with Crippen LogP contribution in [0.4, 0.5) is 47.8 Å². The van der Waals surface area contributed by atoms with Crippen molar-refractivity contribution in [2.45, 2.75) is 18.9 Å². The Morgan fingerprint density at radius 2 is 1.94 bits per heavy atom. The van der Waals surface area contributed by atoms with Crippen molar-refractivity contribution >= 4 is 44.7 Å². The Balaban J connectivity index is 0.00000363.